The molecule has 0 unspecified atom stereocenters. The molecule has 1 aliphatic carbocycles. The molecule has 142 valence electrons. The Morgan fingerprint density at radius 3 is 2.37 bits per heavy atom. The molecule has 0 saturated heterocycles. The van der Waals surface area contributed by atoms with Crippen molar-refractivity contribution < 1.29 is 4.39 Å². The molecule has 0 aliphatic heterocycles. The third-order valence-electron chi connectivity index (χ3n) is 5.51. The van der Waals surface area contributed by atoms with E-state index in [-0.39, 0.29) is 5.82 Å². The van der Waals surface area contributed by atoms with Gasteiger partial charge in [0, 0.05) is 5.92 Å². The SMILES string of the molecule is CCCC[C@H]1CC[C@H](C(=NN=Cc2ccc(F)cc2)c2ccccc2)CC1. The van der Waals surface area contributed by atoms with Crippen molar-refractivity contribution >= 4 is 11.9 Å². The molecule has 0 aromatic heterocycles. The highest BCUT2D eigenvalue weighted by atomic mass is 19.1. The van der Waals surface area contributed by atoms with E-state index in [1.165, 1.54) is 57.1 Å². The number of hydrogen-bond acceptors (Lipinski definition) is 2. The van der Waals surface area contributed by atoms with Gasteiger partial charge in [-0.25, -0.2) is 4.39 Å². The standard InChI is InChI=1S/C24H29FN2/c1-2-3-7-19-10-14-22(15-11-19)24(21-8-5-4-6-9-21)27-26-18-20-12-16-23(25)17-13-20/h4-6,8-9,12-13,16-19,22H,2-3,7,10-11,14-15H2,1H3/t19-,22-. The Hall–Kier alpha value is -2.29. The second-order valence-corrected chi connectivity index (χ2v) is 7.51. The molecule has 2 aromatic carbocycles. The average Bonchev–Trinajstić information content (AvgIpc) is 2.72. The number of halogens is 1. The molecule has 2 nitrogen and oxygen atoms in total. The topological polar surface area (TPSA) is 24.7 Å². The lowest BCUT2D eigenvalue weighted by Crippen LogP contribution is -2.22. The molecule has 0 amide bonds. The van der Waals surface area contributed by atoms with E-state index in [2.05, 4.69) is 41.4 Å². The van der Waals surface area contributed by atoms with Crippen LogP contribution in [0.4, 0.5) is 4.39 Å². The van der Waals surface area contributed by atoms with Gasteiger partial charge in [-0.15, -0.1) is 0 Å². The lowest BCUT2D eigenvalue weighted by Gasteiger charge is -2.29. The van der Waals surface area contributed by atoms with E-state index in [4.69, 9.17) is 0 Å². The molecule has 0 atom stereocenters. The summed E-state index contributed by atoms with van der Waals surface area (Å²) >= 11 is 0. The highest BCUT2D eigenvalue weighted by Crippen LogP contribution is 2.34. The quantitative estimate of drug-likeness (QED) is 0.388. The van der Waals surface area contributed by atoms with Crippen LogP contribution in [-0.2, 0) is 0 Å². The minimum Gasteiger partial charge on any atom is -0.207 e. The molecule has 1 saturated carbocycles. The van der Waals surface area contributed by atoms with Gasteiger partial charge in [0.25, 0.3) is 0 Å². The largest absolute Gasteiger partial charge is 0.207 e. The Labute approximate surface area is 162 Å². The Balaban J connectivity index is 1.73. The van der Waals surface area contributed by atoms with E-state index >= 15 is 0 Å². The molecule has 27 heavy (non-hydrogen) atoms. The van der Waals surface area contributed by atoms with Crippen LogP contribution in [0.15, 0.2) is 64.8 Å². The van der Waals surface area contributed by atoms with Crippen LogP contribution in [0.3, 0.4) is 0 Å². The van der Waals surface area contributed by atoms with Crippen LogP contribution in [-0.4, -0.2) is 11.9 Å². The molecule has 2 aromatic rings. The first-order chi connectivity index (χ1) is 13.3. The van der Waals surface area contributed by atoms with Crippen LogP contribution >= 0.6 is 0 Å². The molecule has 0 spiro atoms. The van der Waals surface area contributed by atoms with Gasteiger partial charge in [-0.2, -0.15) is 10.2 Å². The monoisotopic (exact) mass is 364 g/mol. The number of benzene rings is 2. The lowest BCUT2D eigenvalue weighted by atomic mass is 9.76. The number of hydrogen-bond donors (Lipinski definition) is 0. The molecule has 0 bridgehead atoms. The summed E-state index contributed by atoms with van der Waals surface area (Å²) in [5, 5.41) is 8.95. The van der Waals surface area contributed by atoms with Crippen molar-refractivity contribution in [3.05, 3.63) is 71.5 Å². The van der Waals surface area contributed by atoms with Crippen LogP contribution in [0, 0.1) is 17.7 Å². The van der Waals surface area contributed by atoms with E-state index in [1.54, 1.807) is 18.3 Å². The molecular formula is C24H29FN2. The highest BCUT2D eigenvalue weighted by molar-refractivity contribution is 6.02. The second kappa shape index (κ2) is 10.1. The number of nitrogens with zero attached hydrogens (tertiary/aromatic N) is 2. The minimum atomic E-state index is -0.236. The molecule has 3 heteroatoms. The fourth-order valence-corrected chi connectivity index (χ4v) is 3.91. The molecule has 1 aliphatic rings. The summed E-state index contributed by atoms with van der Waals surface area (Å²) in [6, 6.07) is 16.7. The first-order valence-corrected chi connectivity index (χ1v) is 10.2. The van der Waals surface area contributed by atoms with Crippen molar-refractivity contribution in [2.45, 2.75) is 51.9 Å². The molecule has 1 fully saturated rings. The fraction of sp³-hybridized carbons (Fsp3) is 0.417. The maximum absolute atomic E-state index is 13.0. The van der Waals surface area contributed by atoms with Crippen LogP contribution in [0.25, 0.3) is 0 Å². The maximum Gasteiger partial charge on any atom is 0.123 e. The zero-order valence-electron chi connectivity index (χ0n) is 16.2. The molecule has 0 N–H and O–H groups in total. The van der Waals surface area contributed by atoms with E-state index in [9.17, 15) is 4.39 Å². The third-order valence-corrected chi connectivity index (χ3v) is 5.51. The lowest BCUT2D eigenvalue weighted by molar-refractivity contribution is 0.301. The van der Waals surface area contributed by atoms with Crippen molar-refractivity contribution in [3.8, 4) is 0 Å². The van der Waals surface area contributed by atoms with E-state index in [0.29, 0.717) is 5.92 Å². The number of unbranched alkanes of at least 4 members (excludes halogenated alkanes) is 1. The Bertz CT molecular complexity index is 742. The van der Waals surface area contributed by atoms with Gasteiger partial charge in [-0.05, 0) is 54.9 Å². The minimum absolute atomic E-state index is 0.236. The van der Waals surface area contributed by atoms with Crippen LogP contribution in [0.1, 0.15) is 63.0 Å². The van der Waals surface area contributed by atoms with Gasteiger partial charge in [-0.3, -0.25) is 0 Å². The smallest absolute Gasteiger partial charge is 0.123 e. The van der Waals surface area contributed by atoms with Gasteiger partial charge in [0.1, 0.15) is 5.82 Å². The van der Waals surface area contributed by atoms with Crippen molar-refractivity contribution in [3.63, 3.8) is 0 Å². The average molecular weight is 365 g/mol. The first-order valence-electron chi connectivity index (χ1n) is 10.2. The van der Waals surface area contributed by atoms with E-state index < -0.39 is 0 Å². The van der Waals surface area contributed by atoms with Crippen LogP contribution in [0.5, 0.6) is 0 Å². The van der Waals surface area contributed by atoms with Gasteiger partial charge < -0.3 is 0 Å². The Morgan fingerprint density at radius 2 is 1.70 bits per heavy atom. The predicted molar refractivity (Wildman–Crippen MR) is 112 cm³/mol. The molecular weight excluding hydrogens is 335 g/mol. The van der Waals surface area contributed by atoms with Crippen molar-refractivity contribution in [2.24, 2.45) is 22.0 Å². The zero-order chi connectivity index (χ0) is 18.9. The molecule has 0 radical (unpaired) electrons. The molecule has 3 rings (SSSR count). The van der Waals surface area contributed by atoms with E-state index in [1.807, 2.05) is 6.07 Å². The summed E-state index contributed by atoms with van der Waals surface area (Å²) in [6.45, 7) is 2.27. The van der Waals surface area contributed by atoms with Gasteiger partial charge >= 0.3 is 0 Å². The third kappa shape index (κ3) is 5.85. The van der Waals surface area contributed by atoms with Crippen molar-refractivity contribution in [1.29, 1.82) is 0 Å². The summed E-state index contributed by atoms with van der Waals surface area (Å²) in [4.78, 5) is 0. The van der Waals surface area contributed by atoms with Crippen LogP contribution in [0.2, 0.25) is 0 Å². The summed E-state index contributed by atoms with van der Waals surface area (Å²) < 4.78 is 13.0. The van der Waals surface area contributed by atoms with Gasteiger partial charge in [-0.1, -0.05) is 68.7 Å². The van der Waals surface area contributed by atoms with E-state index in [0.717, 1.165) is 22.8 Å². The predicted octanol–water partition coefficient (Wildman–Crippen LogP) is 6.65. The first kappa shape index (κ1) is 19.5. The zero-order valence-corrected chi connectivity index (χ0v) is 16.2. The van der Waals surface area contributed by atoms with Gasteiger partial charge in [0.15, 0.2) is 0 Å². The number of rotatable bonds is 7. The summed E-state index contributed by atoms with van der Waals surface area (Å²) in [5.41, 5.74) is 3.10. The summed E-state index contributed by atoms with van der Waals surface area (Å²) in [7, 11) is 0. The maximum atomic E-state index is 13.0. The Kier molecular flexibility index (Phi) is 7.32. The second-order valence-electron chi connectivity index (χ2n) is 7.51. The molecule has 0 heterocycles. The van der Waals surface area contributed by atoms with Crippen LogP contribution < -0.4 is 0 Å². The van der Waals surface area contributed by atoms with Crippen molar-refractivity contribution in [1.82, 2.24) is 0 Å². The highest BCUT2D eigenvalue weighted by Gasteiger charge is 2.25. The fourth-order valence-electron chi connectivity index (χ4n) is 3.91. The van der Waals surface area contributed by atoms with Gasteiger partial charge in [0.05, 0.1) is 11.9 Å². The van der Waals surface area contributed by atoms with Crippen molar-refractivity contribution in [2.75, 3.05) is 0 Å². The van der Waals surface area contributed by atoms with Gasteiger partial charge in [0.2, 0.25) is 0 Å². The Morgan fingerprint density at radius 1 is 1.00 bits per heavy atom. The summed E-state index contributed by atoms with van der Waals surface area (Å²) in [5.74, 6) is 1.11. The summed E-state index contributed by atoms with van der Waals surface area (Å²) in [6.07, 6.45) is 10.7. The normalized spacial score (nSPS) is 20.9.